The molecule has 0 aliphatic carbocycles. The maximum absolute atomic E-state index is 12.4. The first-order valence-corrected chi connectivity index (χ1v) is 23.6. The Balaban J connectivity index is 0.00000496. The molecule has 3 aliphatic rings. The second kappa shape index (κ2) is 21.0. The molecule has 320 valence electrons. The fourth-order valence-corrected chi connectivity index (χ4v) is 9.53. The standard InChI is InChI=1S/C40H49N3O13S3.2Na/c1-5-41-32-19-17-28(58(50,51)52)26-30(32)39(2,3)34(41)14-8-6-9-15-35-40(4,23-11-7-10-16-38(46)56-43-36(44)21-22-37(43)45)31-27-29(59(53,54)55)18-20-33(31)42(35)24-12-13-25-57(47,48)49;;/h6,8-9,14-15,17-20,26-27H,5,7,10-13,16,21-25H2,1-4H3,(H2-,47,48,49,50,51,52,53,54,55);;/q;2*+1/p-2. The molecule has 1 saturated heterocycles. The number of rotatable bonds is 18. The van der Waals surface area contributed by atoms with Crippen molar-refractivity contribution in [3.63, 3.8) is 0 Å². The van der Waals surface area contributed by atoms with E-state index in [-0.39, 0.29) is 96.2 Å². The van der Waals surface area contributed by atoms with E-state index < -0.39 is 69.6 Å². The minimum absolute atomic E-state index is 0. The Bertz CT molecular complexity index is 2490. The second-order valence-corrected chi connectivity index (χ2v) is 19.7. The van der Waals surface area contributed by atoms with Gasteiger partial charge in [-0.05, 0) is 95.3 Å². The average Bonchev–Trinajstić information content (AvgIpc) is 3.67. The van der Waals surface area contributed by atoms with Crippen LogP contribution in [0.25, 0.3) is 0 Å². The van der Waals surface area contributed by atoms with Crippen LogP contribution in [0, 0.1) is 0 Å². The van der Waals surface area contributed by atoms with Crippen LogP contribution in [-0.2, 0) is 60.4 Å². The number of allylic oxidation sites excluding steroid dienone is 6. The zero-order chi connectivity index (χ0) is 43.6. The molecule has 1 fully saturated rings. The number of benzene rings is 2. The van der Waals surface area contributed by atoms with Crippen molar-refractivity contribution in [3.8, 4) is 0 Å². The Morgan fingerprint density at radius 2 is 1.41 bits per heavy atom. The number of carbonyl (C=O) groups excluding carboxylic acids is 3. The number of hydrogen-bond donors (Lipinski definition) is 0. The summed E-state index contributed by atoms with van der Waals surface area (Å²) in [5.74, 6) is -2.45. The van der Waals surface area contributed by atoms with Crippen molar-refractivity contribution < 1.29 is 122 Å². The van der Waals surface area contributed by atoms with Crippen molar-refractivity contribution in [1.29, 1.82) is 0 Å². The topological polar surface area (TPSA) is 242 Å². The molecule has 0 radical (unpaired) electrons. The van der Waals surface area contributed by atoms with Crippen LogP contribution < -0.4 is 64.0 Å². The van der Waals surface area contributed by atoms with Crippen molar-refractivity contribution in [3.05, 3.63) is 83.6 Å². The fourth-order valence-electron chi connectivity index (χ4n) is 7.98. The smallest absolute Gasteiger partial charge is 0.748 e. The Morgan fingerprint density at radius 3 is 2.00 bits per heavy atom. The molecule has 0 spiro atoms. The minimum Gasteiger partial charge on any atom is -0.748 e. The Kier molecular flexibility index (Phi) is 18.2. The van der Waals surface area contributed by atoms with Crippen LogP contribution in [0.4, 0.5) is 11.4 Å². The molecule has 21 heteroatoms. The van der Waals surface area contributed by atoms with E-state index in [4.69, 9.17) is 4.84 Å². The first-order valence-electron chi connectivity index (χ1n) is 19.2. The van der Waals surface area contributed by atoms with Crippen LogP contribution in [0.2, 0.25) is 0 Å². The van der Waals surface area contributed by atoms with Crippen LogP contribution in [0.3, 0.4) is 0 Å². The summed E-state index contributed by atoms with van der Waals surface area (Å²) in [5.41, 5.74) is 2.62. The van der Waals surface area contributed by atoms with Gasteiger partial charge in [0.2, 0.25) is 5.69 Å². The molecular formula is C40H47N3Na2O13S3. The Morgan fingerprint density at radius 1 is 0.803 bits per heavy atom. The molecule has 2 aromatic rings. The molecule has 0 saturated carbocycles. The summed E-state index contributed by atoms with van der Waals surface area (Å²) < 4.78 is 108. The third kappa shape index (κ3) is 12.4. The molecular weight excluding hydrogens is 873 g/mol. The third-order valence-corrected chi connectivity index (χ3v) is 13.4. The second-order valence-electron chi connectivity index (χ2n) is 15.4. The number of amides is 2. The number of hydrogen-bond acceptors (Lipinski definition) is 14. The van der Waals surface area contributed by atoms with Crippen LogP contribution in [0.15, 0.2) is 82.3 Å². The zero-order valence-corrected chi connectivity index (χ0v) is 41.7. The van der Waals surface area contributed by atoms with Crippen molar-refractivity contribution in [2.75, 3.05) is 23.7 Å². The largest absolute Gasteiger partial charge is 1.00 e. The van der Waals surface area contributed by atoms with Gasteiger partial charge in [0.1, 0.15) is 26.8 Å². The molecule has 16 nitrogen and oxygen atoms in total. The molecule has 61 heavy (non-hydrogen) atoms. The zero-order valence-electron chi connectivity index (χ0n) is 35.2. The van der Waals surface area contributed by atoms with Gasteiger partial charge in [-0.3, -0.25) is 9.59 Å². The maximum atomic E-state index is 12.4. The molecule has 1 atom stereocenters. The van der Waals surface area contributed by atoms with Crippen LogP contribution in [0.5, 0.6) is 0 Å². The predicted molar refractivity (Wildman–Crippen MR) is 212 cm³/mol. The monoisotopic (exact) mass is 919 g/mol. The maximum Gasteiger partial charge on any atom is 1.00 e. The van der Waals surface area contributed by atoms with E-state index in [0.717, 1.165) is 11.4 Å². The van der Waals surface area contributed by atoms with Gasteiger partial charge in [0.15, 0.2) is 5.71 Å². The SMILES string of the molecule is CC[N+]1=C(/C=C/C=C/C=C2/N(CCCCS(=O)(=O)[O-])c3ccc(S(=O)(=O)[O-])cc3C2(C)CCCCCC(=O)ON2C(=O)CCC2=O)C(C)(C)c2cc(S(=O)(=O)[O-])ccc21.[Na+].[Na+]. The molecule has 0 bridgehead atoms. The van der Waals surface area contributed by atoms with Gasteiger partial charge in [-0.1, -0.05) is 31.1 Å². The van der Waals surface area contributed by atoms with E-state index in [1.807, 2.05) is 49.3 Å². The Hall–Kier alpha value is -2.53. The number of hydroxylamine groups is 2. The van der Waals surface area contributed by atoms with Crippen molar-refractivity contribution >= 4 is 65.2 Å². The van der Waals surface area contributed by atoms with Crippen molar-refractivity contribution in [1.82, 2.24) is 5.06 Å². The number of unbranched alkanes of at least 4 members (excludes halogenated alkanes) is 3. The van der Waals surface area contributed by atoms with Crippen LogP contribution >= 0.6 is 0 Å². The van der Waals surface area contributed by atoms with E-state index in [9.17, 15) is 53.3 Å². The summed E-state index contributed by atoms with van der Waals surface area (Å²) in [5, 5.41) is 0.494. The van der Waals surface area contributed by atoms with Gasteiger partial charge in [-0.25, -0.2) is 30.0 Å². The van der Waals surface area contributed by atoms with E-state index >= 15 is 0 Å². The quantitative estimate of drug-likeness (QED) is 0.0416. The summed E-state index contributed by atoms with van der Waals surface area (Å²) in [6, 6.07) is 8.43. The van der Waals surface area contributed by atoms with Crippen LogP contribution in [-0.4, -0.2) is 90.9 Å². The van der Waals surface area contributed by atoms with Gasteiger partial charge in [-0.2, -0.15) is 4.58 Å². The molecule has 5 rings (SSSR count). The summed E-state index contributed by atoms with van der Waals surface area (Å²) in [4.78, 5) is 42.2. The van der Waals surface area contributed by atoms with E-state index in [0.29, 0.717) is 66.2 Å². The predicted octanol–water partition coefficient (Wildman–Crippen LogP) is -1.44. The van der Waals surface area contributed by atoms with Gasteiger partial charge < -0.3 is 23.4 Å². The molecule has 1 unspecified atom stereocenters. The summed E-state index contributed by atoms with van der Waals surface area (Å²) >= 11 is 0. The van der Waals surface area contributed by atoms with Gasteiger partial charge in [0.05, 0.1) is 25.3 Å². The number of imide groups is 1. The number of anilines is 1. The van der Waals surface area contributed by atoms with Crippen molar-refractivity contribution in [2.45, 2.75) is 106 Å². The molecule has 2 aromatic carbocycles. The average molecular weight is 920 g/mol. The van der Waals surface area contributed by atoms with Gasteiger partial charge in [0, 0.05) is 66.1 Å². The van der Waals surface area contributed by atoms with Gasteiger partial charge >= 0.3 is 65.1 Å². The summed E-state index contributed by atoms with van der Waals surface area (Å²) in [6.07, 6.45) is 11.1. The fraction of sp³-hybridized carbons (Fsp3) is 0.450. The third-order valence-electron chi connectivity index (χ3n) is 11.0. The molecule has 3 aliphatic heterocycles. The van der Waals surface area contributed by atoms with Crippen molar-refractivity contribution in [2.24, 2.45) is 0 Å². The minimum atomic E-state index is -4.85. The molecule has 0 N–H and O–H groups in total. The first kappa shape index (κ1) is 52.8. The number of carbonyl (C=O) groups is 3. The van der Waals surface area contributed by atoms with E-state index in [1.165, 1.54) is 30.3 Å². The van der Waals surface area contributed by atoms with Gasteiger partial charge in [-0.15, -0.1) is 5.06 Å². The van der Waals surface area contributed by atoms with Gasteiger partial charge in [0.25, 0.3) is 11.8 Å². The van der Waals surface area contributed by atoms with E-state index in [1.54, 1.807) is 24.3 Å². The molecule has 2 amide bonds. The summed E-state index contributed by atoms with van der Waals surface area (Å²) in [6.45, 7) is 8.53. The molecule has 3 heterocycles. The van der Waals surface area contributed by atoms with E-state index in [2.05, 4.69) is 0 Å². The van der Waals surface area contributed by atoms with Crippen LogP contribution in [0.1, 0.15) is 96.6 Å². The number of nitrogens with zero attached hydrogens (tertiary/aromatic N) is 3. The Labute approximate surface area is 402 Å². The normalized spacial score (nSPS) is 19.5. The molecule has 0 aromatic heterocycles. The summed E-state index contributed by atoms with van der Waals surface area (Å²) in [7, 11) is -14.0. The first-order chi connectivity index (χ1) is 27.5. The number of fused-ring (bicyclic) bond motifs is 2.